The Morgan fingerprint density at radius 2 is 2.10 bits per heavy atom. The van der Waals surface area contributed by atoms with E-state index in [0.717, 1.165) is 0 Å². The van der Waals surface area contributed by atoms with Crippen LogP contribution < -0.4 is 10.1 Å². The Morgan fingerprint density at radius 3 is 2.65 bits per heavy atom. The molecule has 0 saturated carbocycles. The monoisotopic (exact) mass is 283 g/mol. The van der Waals surface area contributed by atoms with E-state index in [1.165, 1.54) is 12.1 Å². The third-order valence-corrected chi connectivity index (χ3v) is 2.95. The van der Waals surface area contributed by atoms with E-state index in [4.69, 9.17) is 9.47 Å². The molecule has 0 aliphatic carbocycles. The van der Waals surface area contributed by atoms with Crippen molar-refractivity contribution in [3.8, 4) is 5.75 Å². The number of likely N-dealkylation sites (N-methyl/N-ethyl adjacent to an activating group) is 1. The zero-order chi connectivity index (χ0) is 15.2. The number of carbonyl (C=O) groups is 1. The van der Waals surface area contributed by atoms with Crippen molar-refractivity contribution < 1.29 is 18.7 Å². The Labute approximate surface area is 119 Å². The average molecular weight is 283 g/mol. The number of hydrogen-bond donors (Lipinski definition) is 1. The van der Waals surface area contributed by atoms with E-state index >= 15 is 0 Å². The Bertz CT molecular complexity index is 464. The largest absolute Gasteiger partial charge is 0.491 e. The van der Waals surface area contributed by atoms with E-state index in [1.807, 2.05) is 6.92 Å². The summed E-state index contributed by atoms with van der Waals surface area (Å²) < 4.78 is 23.7. The number of benzene rings is 1. The second-order valence-corrected chi connectivity index (χ2v) is 4.78. The first-order valence-corrected chi connectivity index (χ1v) is 6.74. The van der Waals surface area contributed by atoms with Crippen LogP contribution in [0.4, 0.5) is 4.39 Å². The van der Waals surface area contributed by atoms with E-state index in [0.29, 0.717) is 24.5 Å². The fourth-order valence-electron chi connectivity index (χ4n) is 1.86. The van der Waals surface area contributed by atoms with Gasteiger partial charge in [-0.2, -0.15) is 0 Å². The van der Waals surface area contributed by atoms with Gasteiger partial charge in [-0.1, -0.05) is 6.92 Å². The molecule has 1 rings (SSSR count). The van der Waals surface area contributed by atoms with Gasteiger partial charge < -0.3 is 9.47 Å². The third-order valence-electron chi connectivity index (χ3n) is 2.95. The van der Waals surface area contributed by atoms with Crippen LogP contribution in [0.1, 0.15) is 26.3 Å². The van der Waals surface area contributed by atoms with Crippen molar-refractivity contribution in [1.82, 2.24) is 5.32 Å². The number of nitrogens with one attached hydrogen (secondary N) is 1. The average Bonchev–Trinajstić information content (AvgIpc) is 2.38. The zero-order valence-electron chi connectivity index (χ0n) is 12.5. The van der Waals surface area contributed by atoms with E-state index in [1.54, 1.807) is 26.8 Å². The molecule has 1 unspecified atom stereocenters. The molecule has 0 aliphatic rings. The topological polar surface area (TPSA) is 47.6 Å². The second-order valence-electron chi connectivity index (χ2n) is 4.78. The number of aryl methyl sites for hydroxylation is 1. The van der Waals surface area contributed by atoms with Gasteiger partial charge in [-0.25, -0.2) is 9.18 Å². The minimum absolute atomic E-state index is 0.117. The number of ether oxygens (including phenoxy) is 2. The molecule has 4 nitrogen and oxygen atoms in total. The maximum atomic E-state index is 13.0. The Morgan fingerprint density at radius 1 is 1.40 bits per heavy atom. The minimum atomic E-state index is -0.925. The highest BCUT2D eigenvalue weighted by Crippen LogP contribution is 2.20. The summed E-state index contributed by atoms with van der Waals surface area (Å²) in [5.41, 5.74) is -0.237. The van der Waals surface area contributed by atoms with Crippen molar-refractivity contribution in [2.45, 2.75) is 33.2 Å². The molecule has 0 fully saturated rings. The molecule has 0 amide bonds. The number of carbonyl (C=O) groups excluding carboxylic acids is 1. The van der Waals surface area contributed by atoms with Gasteiger partial charge in [0.1, 0.15) is 23.7 Å². The van der Waals surface area contributed by atoms with Gasteiger partial charge in [-0.3, -0.25) is 5.32 Å². The standard InChI is InChI=1S/C15H22FNO3/c1-5-17-15(4,14(18)19-6-2)10-20-13-8-7-12(16)9-11(13)3/h7-9,17H,5-6,10H2,1-4H3. The summed E-state index contributed by atoms with van der Waals surface area (Å²) in [6.45, 7) is 8.19. The lowest BCUT2D eigenvalue weighted by Crippen LogP contribution is -2.54. The van der Waals surface area contributed by atoms with Crippen LogP contribution in [0.25, 0.3) is 0 Å². The molecule has 20 heavy (non-hydrogen) atoms. The maximum Gasteiger partial charge on any atom is 0.329 e. The third kappa shape index (κ3) is 4.20. The van der Waals surface area contributed by atoms with E-state index in [9.17, 15) is 9.18 Å². The van der Waals surface area contributed by atoms with Gasteiger partial charge in [-0.05, 0) is 51.1 Å². The van der Waals surface area contributed by atoms with Gasteiger partial charge >= 0.3 is 5.97 Å². The minimum Gasteiger partial charge on any atom is -0.491 e. The van der Waals surface area contributed by atoms with Crippen molar-refractivity contribution in [2.24, 2.45) is 0 Å². The van der Waals surface area contributed by atoms with Crippen molar-refractivity contribution >= 4 is 5.97 Å². The number of hydrogen-bond acceptors (Lipinski definition) is 4. The van der Waals surface area contributed by atoms with E-state index < -0.39 is 5.54 Å². The summed E-state index contributed by atoms with van der Waals surface area (Å²) in [4.78, 5) is 12.0. The van der Waals surface area contributed by atoms with Crippen LogP contribution in [0.15, 0.2) is 18.2 Å². The summed E-state index contributed by atoms with van der Waals surface area (Å²) >= 11 is 0. The van der Waals surface area contributed by atoms with Crippen molar-refractivity contribution in [3.63, 3.8) is 0 Å². The predicted octanol–water partition coefficient (Wildman–Crippen LogP) is 2.44. The molecule has 1 aromatic carbocycles. The molecule has 1 aromatic rings. The molecule has 0 aromatic heterocycles. The summed E-state index contributed by atoms with van der Waals surface area (Å²) in [5.74, 6) is -0.115. The SMILES string of the molecule is CCNC(C)(COc1ccc(F)cc1C)C(=O)OCC. The van der Waals surface area contributed by atoms with Crippen LogP contribution >= 0.6 is 0 Å². The lowest BCUT2D eigenvalue weighted by Gasteiger charge is -2.28. The smallest absolute Gasteiger partial charge is 0.329 e. The molecule has 0 aliphatic heterocycles. The van der Waals surface area contributed by atoms with Crippen molar-refractivity contribution in [1.29, 1.82) is 0 Å². The fourth-order valence-corrected chi connectivity index (χ4v) is 1.86. The Hall–Kier alpha value is -1.62. The van der Waals surface area contributed by atoms with Gasteiger partial charge in [0.25, 0.3) is 0 Å². The first kappa shape index (κ1) is 16.4. The Kier molecular flexibility index (Phi) is 5.95. The highest BCUT2D eigenvalue weighted by Gasteiger charge is 2.35. The molecule has 0 saturated heterocycles. The van der Waals surface area contributed by atoms with Gasteiger partial charge in [0, 0.05) is 0 Å². The second kappa shape index (κ2) is 7.24. The summed E-state index contributed by atoms with van der Waals surface area (Å²) in [7, 11) is 0. The highest BCUT2D eigenvalue weighted by atomic mass is 19.1. The normalized spacial score (nSPS) is 13.7. The van der Waals surface area contributed by atoms with Crippen LogP contribution in [-0.2, 0) is 9.53 Å². The first-order chi connectivity index (χ1) is 9.42. The van der Waals surface area contributed by atoms with E-state index in [2.05, 4.69) is 5.32 Å². The zero-order valence-corrected chi connectivity index (χ0v) is 12.5. The molecular weight excluding hydrogens is 261 g/mol. The van der Waals surface area contributed by atoms with Crippen LogP contribution in [0.5, 0.6) is 5.75 Å². The molecule has 0 spiro atoms. The molecule has 0 heterocycles. The molecule has 0 radical (unpaired) electrons. The van der Waals surface area contributed by atoms with Gasteiger partial charge in [0.2, 0.25) is 0 Å². The van der Waals surface area contributed by atoms with Crippen molar-refractivity contribution in [3.05, 3.63) is 29.6 Å². The van der Waals surface area contributed by atoms with Gasteiger partial charge in [-0.15, -0.1) is 0 Å². The number of esters is 1. The molecule has 1 N–H and O–H groups in total. The maximum absolute atomic E-state index is 13.0. The predicted molar refractivity (Wildman–Crippen MR) is 75.3 cm³/mol. The number of rotatable bonds is 7. The van der Waals surface area contributed by atoms with Gasteiger partial charge in [0.05, 0.1) is 6.61 Å². The lowest BCUT2D eigenvalue weighted by molar-refractivity contribution is -0.151. The number of halogens is 1. The van der Waals surface area contributed by atoms with E-state index in [-0.39, 0.29) is 18.4 Å². The van der Waals surface area contributed by atoms with Crippen LogP contribution in [-0.4, -0.2) is 31.3 Å². The van der Waals surface area contributed by atoms with Gasteiger partial charge in [0.15, 0.2) is 0 Å². The quantitative estimate of drug-likeness (QED) is 0.781. The fraction of sp³-hybridized carbons (Fsp3) is 0.533. The molecule has 0 bridgehead atoms. The summed E-state index contributed by atoms with van der Waals surface area (Å²) in [6, 6.07) is 4.28. The molecule has 5 heteroatoms. The highest BCUT2D eigenvalue weighted by molar-refractivity contribution is 5.80. The van der Waals surface area contributed by atoms with Crippen LogP contribution in [0.2, 0.25) is 0 Å². The molecule has 1 atom stereocenters. The molecular formula is C15H22FNO3. The summed E-state index contributed by atoms with van der Waals surface area (Å²) in [5, 5.41) is 3.07. The lowest BCUT2D eigenvalue weighted by atomic mass is 10.0. The molecule has 112 valence electrons. The van der Waals surface area contributed by atoms with Crippen LogP contribution in [0.3, 0.4) is 0 Å². The Balaban J connectivity index is 2.78. The first-order valence-electron chi connectivity index (χ1n) is 6.74. The van der Waals surface area contributed by atoms with Crippen molar-refractivity contribution in [2.75, 3.05) is 19.8 Å². The van der Waals surface area contributed by atoms with Crippen LogP contribution in [0, 0.1) is 12.7 Å². The summed E-state index contributed by atoms with van der Waals surface area (Å²) in [6.07, 6.45) is 0.